The quantitative estimate of drug-likeness (QED) is 0.273. The van der Waals surface area contributed by atoms with Crippen LogP contribution in [-0.4, -0.2) is 29.7 Å². The van der Waals surface area contributed by atoms with Crippen LogP contribution >= 0.6 is 0 Å². The molecule has 0 saturated heterocycles. The Labute approximate surface area is 190 Å². The van der Waals surface area contributed by atoms with Crippen molar-refractivity contribution in [2.45, 2.75) is 52.6 Å². The third-order valence-electron chi connectivity index (χ3n) is 4.22. The lowest BCUT2D eigenvalue weighted by Gasteiger charge is -2.19. The highest BCUT2D eigenvalue weighted by Gasteiger charge is 2.16. The molecular weight excluding hydrogens is 407 g/mol. The molecule has 1 amide bonds. The lowest BCUT2D eigenvalue weighted by molar-refractivity contribution is -0.154. The van der Waals surface area contributed by atoms with Gasteiger partial charge in [0.05, 0.1) is 12.1 Å². The number of allylic oxidation sites excluding steroid dienone is 9. The van der Waals surface area contributed by atoms with Crippen molar-refractivity contribution in [1.82, 2.24) is 5.32 Å². The van der Waals surface area contributed by atoms with Crippen LogP contribution in [0.5, 0.6) is 0 Å². The second-order valence-electron chi connectivity index (χ2n) is 8.07. The minimum Gasteiger partial charge on any atom is -0.460 e. The summed E-state index contributed by atoms with van der Waals surface area (Å²) in [6.45, 7) is 14.8. The molecule has 0 spiro atoms. The van der Waals surface area contributed by atoms with E-state index < -0.39 is 5.60 Å². The normalized spacial score (nSPS) is 16.9. The van der Waals surface area contributed by atoms with Gasteiger partial charge in [-0.3, -0.25) is 14.6 Å². The van der Waals surface area contributed by atoms with Crippen LogP contribution < -0.4 is 5.32 Å². The number of hydrogen-bond acceptors (Lipinski definition) is 4. The van der Waals surface area contributed by atoms with Crippen molar-refractivity contribution >= 4 is 17.6 Å². The Hall–Kier alpha value is -3.28. The molecule has 1 aliphatic rings. The third-order valence-corrected chi connectivity index (χ3v) is 4.22. The molecule has 1 rings (SSSR count). The van der Waals surface area contributed by atoms with Gasteiger partial charge in [-0.25, -0.2) is 4.39 Å². The fourth-order valence-electron chi connectivity index (χ4n) is 2.69. The van der Waals surface area contributed by atoms with Gasteiger partial charge in [-0.05, 0) is 58.3 Å². The average molecular weight is 441 g/mol. The highest BCUT2D eigenvalue weighted by atomic mass is 19.1. The summed E-state index contributed by atoms with van der Waals surface area (Å²) in [5, 5.41) is 2.66. The number of halogens is 1. The lowest BCUT2D eigenvalue weighted by Crippen LogP contribution is -2.29. The molecule has 0 heterocycles. The lowest BCUT2D eigenvalue weighted by atomic mass is 10.0. The molecule has 0 aromatic heterocycles. The minimum absolute atomic E-state index is 0.0967. The Morgan fingerprint density at radius 1 is 1.22 bits per heavy atom. The maximum atomic E-state index is 13.4. The van der Waals surface area contributed by atoms with Gasteiger partial charge in [0.15, 0.2) is 0 Å². The van der Waals surface area contributed by atoms with Crippen molar-refractivity contribution in [3.8, 4) is 0 Å². The van der Waals surface area contributed by atoms with Crippen molar-refractivity contribution in [2.75, 3.05) is 6.54 Å². The molecule has 0 saturated carbocycles. The van der Waals surface area contributed by atoms with Crippen molar-refractivity contribution in [1.29, 1.82) is 0 Å². The van der Waals surface area contributed by atoms with Gasteiger partial charge < -0.3 is 10.1 Å². The summed E-state index contributed by atoms with van der Waals surface area (Å²) < 4.78 is 18.6. The van der Waals surface area contributed by atoms with E-state index in [-0.39, 0.29) is 30.7 Å². The molecule has 0 radical (unpaired) electrons. The van der Waals surface area contributed by atoms with E-state index in [1.807, 2.05) is 25.2 Å². The predicted molar refractivity (Wildman–Crippen MR) is 129 cm³/mol. The number of esters is 1. The van der Waals surface area contributed by atoms with Gasteiger partial charge in [-0.15, -0.1) is 0 Å². The maximum absolute atomic E-state index is 13.4. The van der Waals surface area contributed by atoms with Crippen LogP contribution in [0.4, 0.5) is 4.39 Å². The van der Waals surface area contributed by atoms with E-state index in [1.54, 1.807) is 32.9 Å². The number of amides is 1. The van der Waals surface area contributed by atoms with Crippen LogP contribution in [0.3, 0.4) is 0 Å². The number of nitrogens with zero attached hydrogens (tertiary/aromatic N) is 1. The zero-order valence-electron chi connectivity index (χ0n) is 19.4. The topological polar surface area (TPSA) is 67.8 Å². The average Bonchev–Trinajstić information content (AvgIpc) is 2.70. The highest BCUT2D eigenvalue weighted by Crippen LogP contribution is 2.17. The van der Waals surface area contributed by atoms with E-state index in [1.165, 1.54) is 18.4 Å². The molecular formula is C26H33FN2O3. The summed E-state index contributed by atoms with van der Waals surface area (Å²) in [6, 6.07) is 0. The molecule has 32 heavy (non-hydrogen) atoms. The summed E-state index contributed by atoms with van der Waals surface area (Å²) in [4.78, 5) is 27.9. The van der Waals surface area contributed by atoms with Gasteiger partial charge in [0, 0.05) is 24.4 Å². The first-order chi connectivity index (χ1) is 15.1. The summed E-state index contributed by atoms with van der Waals surface area (Å²) in [5.74, 6) is -1.05. The molecule has 0 aromatic carbocycles. The molecule has 5 nitrogen and oxygen atoms in total. The van der Waals surface area contributed by atoms with E-state index in [0.29, 0.717) is 17.7 Å². The summed E-state index contributed by atoms with van der Waals surface area (Å²) in [5.41, 5.74) is 2.14. The number of carbonyl (C=O) groups excluding carboxylic acids is 2. The maximum Gasteiger partial charge on any atom is 0.308 e. The largest absolute Gasteiger partial charge is 0.460 e. The molecule has 0 aliphatic heterocycles. The van der Waals surface area contributed by atoms with Crippen LogP contribution in [0.25, 0.3) is 0 Å². The number of carbonyl (C=O) groups is 2. The van der Waals surface area contributed by atoms with Gasteiger partial charge in [0.2, 0.25) is 0 Å². The first kappa shape index (κ1) is 26.8. The summed E-state index contributed by atoms with van der Waals surface area (Å²) >= 11 is 0. The molecule has 0 atom stereocenters. The van der Waals surface area contributed by atoms with Gasteiger partial charge in [0.25, 0.3) is 5.91 Å². The molecule has 1 aliphatic carbocycles. The zero-order valence-corrected chi connectivity index (χ0v) is 19.4. The number of hydrogen-bond donors (Lipinski definition) is 1. The van der Waals surface area contributed by atoms with Crippen LogP contribution in [0.1, 0.15) is 47.0 Å². The molecule has 1 N–H and O–H groups in total. The van der Waals surface area contributed by atoms with Crippen LogP contribution in [-0.2, 0) is 14.3 Å². The van der Waals surface area contributed by atoms with Crippen LogP contribution in [0.15, 0.2) is 89.4 Å². The molecule has 0 bridgehead atoms. The number of aliphatic imine (C=N–C) groups is 1. The molecule has 172 valence electrons. The van der Waals surface area contributed by atoms with Crippen molar-refractivity contribution in [3.05, 3.63) is 84.4 Å². The van der Waals surface area contributed by atoms with Gasteiger partial charge in [-0.2, -0.15) is 0 Å². The Bertz CT molecular complexity index is 910. The van der Waals surface area contributed by atoms with Crippen LogP contribution in [0, 0.1) is 0 Å². The minimum atomic E-state index is -0.549. The monoisotopic (exact) mass is 440 g/mol. The SMILES string of the molecule is C=CN=C1C=C(F)C=C/C1=C\CCC(/C=C\C(=C)C(=O)NCCC(=O)OC(C)(C)C)=C/C. The van der Waals surface area contributed by atoms with Gasteiger partial charge in [0.1, 0.15) is 11.4 Å². The number of nitrogens with one attached hydrogen (secondary N) is 1. The highest BCUT2D eigenvalue weighted by molar-refractivity contribution is 6.12. The first-order valence-electron chi connectivity index (χ1n) is 10.5. The fraction of sp³-hybridized carbons (Fsp3) is 0.346. The Kier molecular flexibility index (Phi) is 11.0. The van der Waals surface area contributed by atoms with E-state index >= 15 is 0 Å². The molecule has 0 unspecified atom stereocenters. The molecule has 0 aromatic rings. The second kappa shape index (κ2) is 13.2. The van der Waals surface area contributed by atoms with E-state index in [9.17, 15) is 14.0 Å². The zero-order chi connectivity index (χ0) is 24.1. The van der Waals surface area contributed by atoms with E-state index in [4.69, 9.17) is 4.74 Å². The fourth-order valence-corrected chi connectivity index (χ4v) is 2.69. The summed E-state index contributed by atoms with van der Waals surface area (Å²) in [7, 11) is 0. The standard InChI is InChI=1S/C26H33FN2O3/c1-7-20(10-9-11-21-14-15-22(27)18-23(21)28-8-2)13-12-19(3)25(31)29-17-16-24(30)32-26(4,5)6/h7-8,11-15,18H,2-3,9-10,16-17H2,1,4-6H3,(H,29,31)/b13-12-,20-7-,21-11+,28-23?. The van der Waals surface area contributed by atoms with E-state index in [0.717, 1.165) is 17.6 Å². The van der Waals surface area contributed by atoms with Gasteiger partial charge >= 0.3 is 5.97 Å². The third kappa shape index (κ3) is 10.7. The van der Waals surface area contributed by atoms with Crippen LogP contribution in [0.2, 0.25) is 0 Å². The second-order valence-corrected chi connectivity index (χ2v) is 8.07. The first-order valence-corrected chi connectivity index (χ1v) is 10.5. The van der Waals surface area contributed by atoms with Crippen molar-refractivity contribution in [2.24, 2.45) is 4.99 Å². The Balaban J connectivity index is 2.53. The number of rotatable bonds is 10. The predicted octanol–water partition coefficient (Wildman–Crippen LogP) is 5.61. The van der Waals surface area contributed by atoms with Gasteiger partial charge in [-0.1, -0.05) is 43.0 Å². The Morgan fingerprint density at radius 2 is 1.94 bits per heavy atom. The smallest absolute Gasteiger partial charge is 0.308 e. The van der Waals surface area contributed by atoms with E-state index in [2.05, 4.69) is 23.5 Å². The molecule has 0 fully saturated rings. The summed E-state index contributed by atoms with van der Waals surface area (Å²) in [6.07, 6.45) is 14.8. The molecule has 6 heteroatoms. The Morgan fingerprint density at radius 3 is 2.56 bits per heavy atom. The van der Waals surface area contributed by atoms with Crippen molar-refractivity contribution in [3.63, 3.8) is 0 Å². The number of ether oxygens (including phenoxy) is 1. The van der Waals surface area contributed by atoms with Crippen molar-refractivity contribution < 1.29 is 18.7 Å².